The molecule has 2 aliphatic heterocycles. The summed E-state index contributed by atoms with van der Waals surface area (Å²) in [6.07, 6.45) is 5.39. The van der Waals surface area contributed by atoms with E-state index in [0.29, 0.717) is 12.0 Å². The van der Waals surface area contributed by atoms with Crippen LogP contribution in [0.25, 0.3) is 0 Å². The Kier molecular flexibility index (Phi) is 5.16. The van der Waals surface area contributed by atoms with E-state index in [2.05, 4.69) is 70.9 Å². The van der Waals surface area contributed by atoms with Crippen LogP contribution < -0.4 is 10.6 Å². The average Bonchev–Trinajstić information content (AvgIpc) is 2.27. The molecule has 0 unspecified atom stereocenters. The predicted molar refractivity (Wildman–Crippen MR) is 101 cm³/mol. The highest BCUT2D eigenvalue weighted by atomic mass is 16.1. The number of carbonyl (C=O) groups is 1. The molecule has 0 saturated carbocycles. The summed E-state index contributed by atoms with van der Waals surface area (Å²) in [6, 6.07) is 0.329. The number of rotatable bonds is 4. The van der Waals surface area contributed by atoms with Crippen molar-refractivity contribution in [1.82, 2.24) is 15.5 Å². The second-order valence-electron chi connectivity index (χ2n) is 10.9. The summed E-state index contributed by atoms with van der Waals surface area (Å²) < 4.78 is 0. The minimum absolute atomic E-state index is 0.0698. The third-order valence-corrected chi connectivity index (χ3v) is 5.52. The van der Waals surface area contributed by atoms with Crippen molar-refractivity contribution < 1.29 is 4.79 Å². The number of hydrogen-bond acceptors (Lipinski definition) is 3. The molecule has 24 heavy (non-hydrogen) atoms. The molecule has 0 bridgehead atoms. The van der Waals surface area contributed by atoms with Gasteiger partial charge in [-0.05, 0) is 87.0 Å². The molecule has 2 rings (SSSR count). The second kappa shape index (κ2) is 6.28. The molecular weight excluding hydrogens is 298 g/mol. The lowest BCUT2D eigenvalue weighted by molar-refractivity contribution is -0.123. The number of amides is 1. The highest BCUT2D eigenvalue weighted by Gasteiger charge is 2.42. The van der Waals surface area contributed by atoms with Gasteiger partial charge in [-0.25, -0.2) is 0 Å². The Morgan fingerprint density at radius 2 is 1.17 bits per heavy atom. The highest BCUT2D eigenvalue weighted by Crippen LogP contribution is 2.36. The molecule has 4 nitrogen and oxygen atoms in total. The van der Waals surface area contributed by atoms with Crippen LogP contribution in [0.15, 0.2) is 0 Å². The molecule has 0 spiro atoms. The van der Waals surface area contributed by atoms with Gasteiger partial charge in [0.15, 0.2) is 0 Å². The minimum atomic E-state index is 0.0698. The molecule has 0 atom stereocenters. The lowest BCUT2D eigenvalue weighted by Gasteiger charge is -2.51. The molecule has 2 aliphatic rings. The van der Waals surface area contributed by atoms with E-state index in [1.165, 1.54) is 0 Å². The summed E-state index contributed by atoms with van der Waals surface area (Å²) in [5.41, 5.74) is 0.405. The fourth-order valence-corrected chi connectivity index (χ4v) is 5.74. The van der Waals surface area contributed by atoms with Crippen molar-refractivity contribution in [3.05, 3.63) is 0 Å². The van der Waals surface area contributed by atoms with Crippen LogP contribution in [0.1, 0.15) is 81.1 Å². The Hall–Kier alpha value is -0.610. The van der Waals surface area contributed by atoms with Crippen LogP contribution in [-0.2, 0) is 4.79 Å². The molecule has 1 amide bonds. The van der Waals surface area contributed by atoms with Crippen molar-refractivity contribution in [2.75, 3.05) is 6.54 Å². The minimum Gasteiger partial charge on any atom is -0.342 e. The van der Waals surface area contributed by atoms with Gasteiger partial charge in [-0.3, -0.25) is 4.79 Å². The van der Waals surface area contributed by atoms with Gasteiger partial charge in [-0.2, -0.15) is 0 Å². The van der Waals surface area contributed by atoms with Gasteiger partial charge < -0.3 is 15.5 Å². The Balaban J connectivity index is 2.10. The molecule has 2 heterocycles. The van der Waals surface area contributed by atoms with Crippen LogP contribution in [0.2, 0.25) is 0 Å². The van der Waals surface area contributed by atoms with E-state index in [0.717, 1.165) is 38.6 Å². The fourth-order valence-electron chi connectivity index (χ4n) is 5.74. The Morgan fingerprint density at radius 1 is 0.792 bits per heavy atom. The summed E-state index contributed by atoms with van der Waals surface area (Å²) in [4.78, 5) is 14.0. The van der Waals surface area contributed by atoms with Gasteiger partial charge in [-0.15, -0.1) is 0 Å². The van der Waals surface area contributed by atoms with Gasteiger partial charge in [0.2, 0.25) is 6.41 Å². The van der Waals surface area contributed by atoms with Crippen molar-refractivity contribution in [3.8, 4) is 0 Å². The van der Waals surface area contributed by atoms with Crippen molar-refractivity contribution in [3.63, 3.8) is 0 Å². The first kappa shape index (κ1) is 19.7. The van der Waals surface area contributed by atoms with E-state index in [1.54, 1.807) is 0 Å². The first-order chi connectivity index (χ1) is 10.7. The van der Waals surface area contributed by atoms with Crippen LogP contribution in [0, 0.1) is 5.92 Å². The summed E-state index contributed by atoms with van der Waals surface area (Å²) in [5.74, 6) is 0.558. The zero-order valence-electron chi connectivity index (χ0n) is 17.1. The van der Waals surface area contributed by atoms with Crippen LogP contribution in [-0.4, -0.2) is 46.1 Å². The summed E-state index contributed by atoms with van der Waals surface area (Å²) in [7, 11) is 0. The Morgan fingerprint density at radius 3 is 1.54 bits per heavy atom. The monoisotopic (exact) mass is 337 g/mol. The van der Waals surface area contributed by atoms with E-state index in [1.807, 2.05) is 0 Å². The van der Waals surface area contributed by atoms with Gasteiger partial charge >= 0.3 is 0 Å². The zero-order chi connectivity index (χ0) is 18.4. The average molecular weight is 338 g/mol. The van der Waals surface area contributed by atoms with E-state index >= 15 is 0 Å². The largest absolute Gasteiger partial charge is 0.342 e. The fraction of sp³-hybridized carbons (Fsp3) is 0.950. The van der Waals surface area contributed by atoms with Gasteiger partial charge in [0.1, 0.15) is 0 Å². The van der Waals surface area contributed by atoms with E-state index in [-0.39, 0.29) is 22.2 Å². The maximum atomic E-state index is 11.9. The normalized spacial score (nSPS) is 29.2. The van der Waals surface area contributed by atoms with Crippen LogP contribution in [0.4, 0.5) is 0 Å². The number of nitrogens with zero attached hydrogens (tertiary/aromatic N) is 1. The van der Waals surface area contributed by atoms with E-state index in [9.17, 15) is 4.79 Å². The van der Waals surface area contributed by atoms with E-state index < -0.39 is 0 Å². The van der Waals surface area contributed by atoms with Gasteiger partial charge in [-0.1, -0.05) is 0 Å². The molecule has 140 valence electrons. The third-order valence-electron chi connectivity index (χ3n) is 5.52. The van der Waals surface area contributed by atoms with Gasteiger partial charge in [0.25, 0.3) is 0 Å². The molecule has 4 heteroatoms. The number of piperidine rings is 2. The van der Waals surface area contributed by atoms with Gasteiger partial charge in [0.05, 0.1) is 0 Å². The topological polar surface area (TPSA) is 44.4 Å². The Bertz CT molecular complexity index is 436. The molecule has 2 saturated heterocycles. The van der Waals surface area contributed by atoms with Crippen molar-refractivity contribution in [2.24, 2.45) is 5.92 Å². The maximum Gasteiger partial charge on any atom is 0.209 e. The van der Waals surface area contributed by atoms with Gasteiger partial charge in [0, 0.05) is 34.7 Å². The molecule has 0 aromatic rings. The first-order valence-electron chi connectivity index (χ1n) is 9.52. The summed E-state index contributed by atoms with van der Waals surface area (Å²) in [6.45, 7) is 19.0. The molecular formula is C20H39N3O. The van der Waals surface area contributed by atoms with Crippen molar-refractivity contribution in [1.29, 1.82) is 0 Å². The van der Waals surface area contributed by atoms with Crippen LogP contribution in [0.5, 0.6) is 0 Å². The highest BCUT2D eigenvalue weighted by molar-refractivity contribution is 5.48. The Labute approximate surface area is 149 Å². The SMILES string of the molecule is CC1(C)CC(CN(C=O)C2CC(C)(C)NC(C)(C)C2)CC(C)(C)N1. The standard InChI is InChI=1S/C20H39N3O/c1-17(2)9-15(10-18(3,4)21-17)13-23(14-24)16-11-19(5,6)22-20(7,8)12-16/h14-16,21-22H,9-13H2,1-8H3. The number of carbonyl (C=O) groups excluding carboxylic acids is 1. The lowest BCUT2D eigenvalue weighted by atomic mass is 9.75. The predicted octanol–water partition coefficient (Wildman–Crippen LogP) is 3.31. The second-order valence-corrected chi connectivity index (χ2v) is 10.9. The third kappa shape index (κ3) is 5.19. The molecule has 2 fully saturated rings. The maximum absolute atomic E-state index is 11.9. The zero-order valence-corrected chi connectivity index (χ0v) is 17.1. The first-order valence-corrected chi connectivity index (χ1v) is 9.52. The summed E-state index contributed by atoms with van der Waals surface area (Å²) in [5, 5.41) is 7.46. The molecule has 0 aromatic carbocycles. The lowest BCUT2D eigenvalue weighted by Crippen LogP contribution is -2.63. The quantitative estimate of drug-likeness (QED) is 0.774. The van der Waals surface area contributed by atoms with Crippen LogP contribution >= 0.6 is 0 Å². The van der Waals surface area contributed by atoms with Crippen LogP contribution in [0.3, 0.4) is 0 Å². The van der Waals surface area contributed by atoms with Crippen molar-refractivity contribution >= 4 is 6.41 Å². The molecule has 0 radical (unpaired) electrons. The summed E-state index contributed by atoms with van der Waals surface area (Å²) >= 11 is 0. The number of hydrogen-bond donors (Lipinski definition) is 2. The van der Waals surface area contributed by atoms with Crippen molar-refractivity contribution in [2.45, 2.75) is 109 Å². The molecule has 2 N–H and O–H groups in total. The van der Waals surface area contributed by atoms with E-state index in [4.69, 9.17) is 0 Å². The number of nitrogens with one attached hydrogen (secondary N) is 2. The molecule has 0 aromatic heterocycles. The smallest absolute Gasteiger partial charge is 0.209 e. The molecule has 0 aliphatic carbocycles.